The summed E-state index contributed by atoms with van der Waals surface area (Å²) in [6.07, 6.45) is 2.74. The average molecular weight is 326 g/mol. The van der Waals surface area contributed by atoms with Crippen LogP contribution in [0.1, 0.15) is 29.7 Å². The molecule has 24 heavy (non-hydrogen) atoms. The van der Waals surface area contributed by atoms with Crippen molar-refractivity contribution < 1.29 is 9.84 Å². The van der Waals surface area contributed by atoms with Gasteiger partial charge in [-0.1, -0.05) is 31.2 Å². The van der Waals surface area contributed by atoms with Crippen molar-refractivity contribution in [2.75, 3.05) is 27.7 Å². The van der Waals surface area contributed by atoms with Crippen LogP contribution in [0.5, 0.6) is 11.5 Å². The van der Waals surface area contributed by atoms with E-state index in [4.69, 9.17) is 4.74 Å². The lowest BCUT2D eigenvalue weighted by atomic mass is 10.0. The lowest BCUT2D eigenvalue weighted by Crippen LogP contribution is -2.22. The Balaban J connectivity index is 2.13. The van der Waals surface area contributed by atoms with Crippen molar-refractivity contribution in [3.8, 4) is 11.5 Å². The molecule has 0 saturated carbocycles. The second-order valence-corrected chi connectivity index (χ2v) is 5.99. The van der Waals surface area contributed by atoms with Crippen LogP contribution in [0, 0.1) is 0 Å². The number of nitrogens with zero attached hydrogens (tertiary/aromatic N) is 2. The summed E-state index contributed by atoms with van der Waals surface area (Å²) in [4.78, 5) is 6.69. The summed E-state index contributed by atoms with van der Waals surface area (Å²) in [6, 6.07) is 14.0. The van der Waals surface area contributed by atoms with Crippen LogP contribution in [0.25, 0.3) is 0 Å². The first-order valence-electron chi connectivity index (χ1n) is 8.17. The largest absolute Gasteiger partial charge is 0.507 e. The van der Waals surface area contributed by atoms with Gasteiger partial charge in [-0.25, -0.2) is 0 Å². The molecule has 0 aliphatic carbocycles. The predicted octanol–water partition coefficient (Wildman–Crippen LogP) is 3.69. The fraction of sp³-hybridized carbons (Fsp3) is 0.350. The summed E-state index contributed by atoms with van der Waals surface area (Å²) < 4.78 is 5.19. The number of aliphatic imine (C=N–C) groups is 1. The maximum Gasteiger partial charge on any atom is 0.124 e. The molecule has 0 spiro atoms. The summed E-state index contributed by atoms with van der Waals surface area (Å²) in [7, 11) is 5.71. The lowest BCUT2D eigenvalue weighted by Gasteiger charge is -2.23. The Morgan fingerprint density at radius 3 is 2.46 bits per heavy atom. The Labute approximate surface area is 144 Å². The highest BCUT2D eigenvalue weighted by Crippen LogP contribution is 2.22. The van der Waals surface area contributed by atoms with E-state index in [0.717, 1.165) is 6.42 Å². The van der Waals surface area contributed by atoms with Crippen molar-refractivity contribution in [3.63, 3.8) is 0 Å². The third kappa shape index (κ3) is 4.59. The molecule has 4 nitrogen and oxygen atoms in total. The second-order valence-electron chi connectivity index (χ2n) is 5.99. The molecule has 0 aliphatic heterocycles. The summed E-state index contributed by atoms with van der Waals surface area (Å²) in [6.45, 7) is 2.78. The summed E-state index contributed by atoms with van der Waals surface area (Å²) in [5.41, 5.74) is 3.23. The van der Waals surface area contributed by atoms with E-state index < -0.39 is 0 Å². The first-order valence-corrected chi connectivity index (χ1v) is 8.17. The van der Waals surface area contributed by atoms with E-state index in [1.54, 1.807) is 31.5 Å². The van der Waals surface area contributed by atoms with Gasteiger partial charge in [0.1, 0.15) is 11.5 Å². The molecule has 2 aromatic carbocycles. The molecular weight excluding hydrogens is 300 g/mol. The number of ether oxygens (including phenoxy) is 1. The molecule has 1 N–H and O–H groups in total. The van der Waals surface area contributed by atoms with E-state index >= 15 is 0 Å². The van der Waals surface area contributed by atoms with Gasteiger partial charge in [-0.05, 0) is 49.8 Å². The third-order valence-electron chi connectivity index (χ3n) is 4.14. The van der Waals surface area contributed by atoms with Crippen LogP contribution in [0.4, 0.5) is 0 Å². The van der Waals surface area contributed by atoms with Gasteiger partial charge in [-0.2, -0.15) is 0 Å². The topological polar surface area (TPSA) is 45.1 Å². The Morgan fingerprint density at radius 1 is 1.17 bits per heavy atom. The molecule has 128 valence electrons. The predicted molar refractivity (Wildman–Crippen MR) is 99.4 cm³/mol. The highest BCUT2D eigenvalue weighted by Gasteiger charge is 2.13. The summed E-state index contributed by atoms with van der Waals surface area (Å²) in [5.74, 6) is 0.904. The Morgan fingerprint density at radius 2 is 1.88 bits per heavy atom. The molecule has 4 heteroatoms. The van der Waals surface area contributed by atoms with Gasteiger partial charge in [0.2, 0.25) is 0 Å². The van der Waals surface area contributed by atoms with Gasteiger partial charge >= 0.3 is 0 Å². The number of hydrogen-bond donors (Lipinski definition) is 1. The van der Waals surface area contributed by atoms with Crippen molar-refractivity contribution in [3.05, 3.63) is 59.2 Å². The molecule has 0 unspecified atom stereocenters. The van der Waals surface area contributed by atoms with E-state index in [2.05, 4.69) is 55.2 Å². The molecule has 0 fully saturated rings. The Hall–Kier alpha value is -2.33. The third-order valence-corrected chi connectivity index (χ3v) is 4.14. The smallest absolute Gasteiger partial charge is 0.124 e. The van der Waals surface area contributed by atoms with Crippen LogP contribution in [-0.2, 0) is 6.42 Å². The molecule has 0 radical (unpaired) electrons. The average Bonchev–Trinajstić information content (AvgIpc) is 2.60. The number of benzene rings is 2. The standard InChI is InChI=1S/C20H26N2O2/c1-5-15-6-8-16(9-7-15)19(22(2)3)14-21-13-17-12-18(24-4)10-11-20(17)23/h6-13,19,23H,5,14H2,1-4H3/t19-/m1/s1. The van der Waals surface area contributed by atoms with Crippen LogP contribution >= 0.6 is 0 Å². The van der Waals surface area contributed by atoms with Gasteiger partial charge < -0.3 is 14.7 Å². The number of likely N-dealkylation sites (N-methyl/N-ethyl adjacent to an activating group) is 1. The van der Waals surface area contributed by atoms with Crippen molar-refractivity contribution >= 4 is 6.21 Å². The number of rotatable bonds is 7. The van der Waals surface area contributed by atoms with Crippen LogP contribution in [0.2, 0.25) is 0 Å². The lowest BCUT2D eigenvalue weighted by molar-refractivity contribution is 0.307. The second kappa shape index (κ2) is 8.50. The molecular formula is C20H26N2O2. The maximum atomic E-state index is 9.92. The number of aromatic hydroxyl groups is 1. The SMILES string of the molecule is CCc1ccc([C@@H](CN=Cc2cc(OC)ccc2O)N(C)C)cc1. The maximum absolute atomic E-state index is 9.92. The van der Waals surface area contributed by atoms with Crippen LogP contribution in [0.3, 0.4) is 0 Å². The minimum Gasteiger partial charge on any atom is -0.507 e. The summed E-state index contributed by atoms with van der Waals surface area (Å²) >= 11 is 0. The van der Waals surface area contributed by atoms with E-state index in [1.165, 1.54) is 11.1 Å². The first kappa shape index (κ1) is 18.0. The van der Waals surface area contributed by atoms with E-state index in [9.17, 15) is 5.11 Å². The first-order chi connectivity index (χ1) is 11.5. The molecule has 2 aromatic rings. The molecule has 0 aromatic heterocycles. The van der Waals surface area contributed by atoms with Gasteiger partial charge in [0.15, 0.2) is 0 Å². The fourth-order valence-electron chi connectivity index (χ4n) is 2.56. The molecule has 0 heterocycles. The molecule has 2 rings (SSSR count). The molecule has 1 atom stereocenters. The fourth-order valence-corrected chi connectivity index (χ4v) is 2.56. The van der Waals surface area contributed by atoms with E-state index in [0.29, 0.717) is 17.9 Å². The van der Waals surface area contributed by atoms with Gasteiger partial charge in [-0.15, -0.1) is 0 Å². The van der Waals surface area contributed by atoms with Crippen LogP contribution < -0.4 is 4.74 Å². The molecule has 0 bridgehead atoms. The highest BCUT2D eigenvalue weighted by molar-refractivity contribution is 5.84. The monoisotopic (exact) mass is 326 g/mol. The van der Waals surface area contributed by atoms with Gasteiger partial charge in [0.25, 0.3) is 0 Å². The zero-order chi connectivity index (χ0) is 17.5. The van der Waals surface area contributed by atoms with Gasteiger partial charge in [-0.3, -0.25) is 4.99 Å². The highest BCUT2D eigenvalue weighted by atomic mass is 16.5. The van der Waals surface area contributed by atoms with Gasteiger partial charge in [0, 0.05) is 11.8 Å². The number of hydrogen-bond acceptors (Lipinski definition) is 4. The van der Waals surface area contributed by atoms with Gasteiger partial charge in [0.05, 0.1) is 19.7 Å². The quantitative estimate of drug-likeness (QED) is 0.789. The van der Waals surface area contributed by atoms with Crippen LogP contribution in [0.15, 0.2) is 47.5 Å². The number of aryl methyl sites for hydroxylation is 1. The number of phenols is 1. The van der Waals surface area contributed by atoms with Crippen molar-refractivity contribution in [2.45, 2.75) is 19.4 Å². The zero-order valence-corrected chi connectivity index (χ0v) is 14.9. The Kier molecular flexibility index (Phi) is 6.38. The molecule has 0 amide bonds. The zero-order valence-electron chi connectivity index (χ0n) is 14.9. The van der Waals surface area contributed by atoms with Crippen molar-refractivity contribution in [1.82, 2.24) is 4.90 Å². The molecule has 0 saturated heterocycles. The minimum absolute atomic E-state index is 0.194. The number of methoxy groups -OCH3 is 1. The van der Waals surface area contributed by atoms with Crippen LogP contribution in [-0.4, -0.2) is 44.0 Å². The minimum atomic E-state index is 0.194. The van der Waals surface area contributed by atoms with Crippen molar-refractivity contribution in [2.24, 2.45) is 4.99 Å². The Bertz CT molecular complexity index is 679. The van der Waals surface area contributed by atoms with E-state index in [1.807, 2.05) is 0 Å². The normalized spacial score (nSPS) is 12.7. The summed E-state index contributed by atoms with van der Waals surface area (Å²) in [5, 5.41) is 9.92. The van der Waals surface area contributed by atoms with E-state index in [-0.39, 0.29) is 11.8 Å². The van der Waals surface area contributed by atoms with Crippen molar-refractivity contribution in [1.29, 1.82) is 0 Å². The number of phenolic OH excluding ortho intramolecular Hbond substituents is 1. The molecule has 0 aliphatic rings.